The molecule has 0 saturated heterocycles. The van der Waals surface area contributed by atoms with Crippen molar-refractivity contribution >= 4 is 11.8 Å². The van der Waals surface area contributed by atoms with E-state index in [0.717, 1.165) is 16.9 Å². The number of benzene rings is 2. The van der Waals surface area contributed by atoms with Crippen molar-refractivity contribution in [3.8, 4) is 17.2 Å². The Labute approximate surface area is 189 Å². The lowest BCUT2D eigenvalue weighted by Crippen LogP contribution is -2.49. The first-order chi connectivity index (χ1) is 15.4. The van der Waals surface area contributed by atoms with Crippen LogP contribution in [0.5, 0.6) is 17.2 Å². The molecule has 172 valence electrons. The van der Waals surface area contributed by atoms with Crippen molar-refractivity contribution in [2.75, 3.05) is 20.3 Å². The van der Waals surface area contributed by atoms with Crippen molar-refractivity contribution in [1.29, 1.82) is 0 Å². The average molecular weight is 441 g/mol. The molecule has 32 heavy (non-hydrogen) atoms. The molecular weight excluding hydrogens is 408 g/mol. The molecule has 0 fully saturated rings. The highest BCUT2D eigenvalue weighted by atomic mass is 16.6. The number of carbonyl (C=O) groups is 2. The van der Waals surface area contributed by atoms with E-state index < -0.39 is 6.04 Å². The van der Waals surface area contributed by atoms with Crippen molar-refractivity contribution in [2.45, 2.75) is 52.2 Å². The Kier molecular flexibility index (Phi) is 7.98. The van der Waals surface area contributed by atoms with Crippen molar-refractivity contribution in [3.05, 3.63) is 53.6 Å². The fourth-order valence-corrected chi connectivity index (χ4v) is 3.59. The quantitative estimate of drug-likeness (QED) is 0.647. The summed E-state index contributed by atoms with van der Waals surface area (Å²) in [5, 5.41) is 2.91. The van der Waals surface area contributed by atoms with Gasteiger partial charge in [-0.1, -0.05) is 18.2 Å². The lowest BCUT2D eigenvalue weighted by atomic mass is 10.1. The van der Waals surface area contributed by atoms with Gasteiger partial charge >= 0.3 is 0 Å². The van der Waals surface area contributed by atoms with Gasteiger partial charge in [-0.15, -0.1) is 0 Å². The summed E-state index contributed by atoms with van der Waals surface area (Å²) in [6, 6.07) is 12.7. The number of hydrogen-bond donors (Lipinski definition) is 1. The Morgan fingerprint density at radius 2 is 1.78 bits per heavy atom. The highest BCUT2D eigenvalue weighted by Gasteiger charge is 2.26. The largest absolute Gasteiger partial charge is 0.497 e. The second-order valence-corrected chi connectivity index (χ2v) is 8.19. The minimum absolute atomic E-state index is 0.00330. The molecule has 0 bridgehead atoms. The third kappa shape index (κ3) is 6.15. The van der Waals surface area contributed by atoms with E-state index in [0.29, 0.717) is 37.7 Å². The van der Waals surface area contributed by atoms with Crippen LogP contribution in [-0.2, 0) is 22.6 Å². The second kappa shape index (κ2) is 10.9. The smallest absolute Gasteiger partial charge is 0.242 e. The monoisotopic (exact) mass is 440 g/mol. The van der Waals surface area contributed by atoms with Crippen LogP contribution in [0, 0.1) is 0 Å². The van der Waals surface area contributed by atoms with E-state index in [9.17, 15) is 9.59 Å². The van der Waals surface area contributed by atoms with Gasteiger partial charge in [0.1, 0.15) is 25.0 Å². The minimum Gasteiger partial charge on any atom is -0.497 e. The number of carbonyl (C=O) groups excluding carboxylic acids is 2. The molecule has 2 aromatic carbocycles. The molecule has 3 rings (SSSR count). The molecule has 7 nitrogen and oxygen atoms in total. The Morgan fingerprint density at radius 1 is 1.03 bits per heavy atom. The zero-order valence-electron chi connectivity index (χ0n) is 19.2. The van der Waals surface area contributed by atoms with Crippen molar-refractivity contribution in [3.63, 3.8) is 0 Å². The van der Waals surface area contributed by atoms with Crippen LogP contribution in [0.15, 0.2) is 42.5 Å². The molecule has 2 amide bonds. The number of amides is 2. The van der Waals surface area contributed by atoms with E-state index in [2.05, 4.69) is 5.32 Å². The molecule has 0 aliphatic carbocycles. The van der Waals surface area contributed by atoms with Crippen LogP contribution in [0.3, 0.4) is 0 Å². The number of aryl methyl sites for hydroxylation is 1. The van der Waals surface area contributed by atoms with E-state index in [4.69, 9.17) is 14.2 Å². The Balaban J connectivity index is 1.73. The minimum atomic E-state index is -0.601. The third-order valence-corrected chi connectivity index (χ3v) is 5.32. The van der Waals surface area contributed by atoms with Crippen molar-refractivity contribution in [2.24, 2.45) is 0 Å². The van der Waals surface area contributed by atoms with E-state index in [1.54, 1.807) is 18.9 Å². The fraction of sp³-hybridized carbons (Fsp3) is 0.440. The fourth-order valence-electron chi connectivity index (χ4n) is 3.59. The topological polar surface area (TPSA) is 77.1 Å². The highest BCUT2D eigenvalue weighted by Crippen LogP contribution is 2.31. The maximum atomic E-state index is 13.3. The van der Waals surface area contributed by atoms with Crippen LogP contribution >= 0.6 is 0 Å². The van der Waals surface area contributed by atoms with Crippen LogP contribution in [0.25, 0.3) is 0 Å². The zero-order chi connectivity index (χ0) is 23.1. The number of nitrogens with zero attached hydrogens (tertiary/aromatic N) is 1. The number of fused-ring (bicyclic) bond motifs is 1. The maximum Gasteiger partial charge on any atom is 0.242 e. The normalized spacial score (nSPS) is 13.4. The summed E-state index contributed by atoms with van der Waals surface area (Å²) in [6.45, 7) is 6.96. The van der Waals surface area contributed by atoms with Gasteiger partial charge in [-0.2, -0.15) is 0 Å². The number of methoxy groups -OCH3 is 1. The summed E-state index contributed by atoms with van der Waals surface area (Å²) in [4.78, 5) is 27.6. The molecule has 1 aliphatic rings. The SMILES string of the molecule is COc1cccc(CN(C(=O)CCc2ccc3c(c2)OCCO3)[C@H](C)C(=O)NC(C)C)c1. The number of nitrogens with one attached hydrogen (secondary N) is 1. The summed E-state index contributed by atoms with van der Waals surface area (Å²) in [5.41, 5.74) is 1.89. The third-order valence-electron chi connectivity index (χ3n) is 5.32. The summed E-state index contributed by atoms with van der Waals surface area (Å²) >= 11 is 0. The first kappa shape index (κ1) is 23.4. The summed E-state index contributed by atoms with van der Waals surface area (Å²) < 4.78 is 16.5. The van der Waals surface area contributed by atoms with Crippen LogP contribution in [-0.4, -0.2) is 49.1 Å². The molecule has 1 atom stereocenters. The predicted octanol–water partition coefficient (Wildman–Crippen LogP) is 3.34. The van der Waals surface area contributed by atoms with Crippen LogP contribution in [0.2, 0.25) is 0 Å². The predicted molar refractivity (Wildman–Crippen MR) is 122 cm³/mol. The van der Waals surface area contributed by atoms with Gasteiger partial charge in [0, 0.05) is 19.0 Å². The summed E-state index contributed by atoms with van der Waals surface area (Å²) in [5.74, 6) is 1.89. The molecule has 7 heteroatoms. The lowest BCUT2D eigenvalue weighted by molar-refractivity contribution is -0.140. The number of rotatable bonds is 9. The van der Waals surface area contributed by atoms with Gasteiger partial charge in [-0.3, -0.25) is 9.59 Å². The van der Waals surface area contributed by atoms with Crippen molar-refractivity contribution < 1.29 is 23.8 Å². The van der Waals surface area contributed by atoms with Gasteiger partial charge in [-0.05, 0) is 62.6 Å². The van der Waals surface area contributed by atoms with Gasteiger partial charge < -0.3 is 24.4 Å². The number of hydrogen-bond acceptors (Lipinski definition) is 5. The number of ether oxygens (including phenoxy) is 3. The van der Waals surface area contributed by atoms with E-state index in [1.807, 2.05) is 56.3 Å². The van der Waals surface area contributed by atoms with Gasteiger partial charge in [0.2, 0.25) is 11.8 Å². The first-order valence-corrected chi connectivity index (χ1v) is 11.0. The van der Waals surface area contributed by atoms with E-state index in [-0.39, 0.29) is 24.3 Å². The van der Waals surface area contributed by atoms with E-state index in [1.165, 1.54) is 0 Å². The van der Waals surface area contributed by atoms with Gasteiger partial charge in [0.05, 0.1) is 7.11 Å². The molecule has 0 radical (unpaired) electrons. The van der Waals surface area contributed by atoms with Gasteiger partial charge in [0.15, 0.2) is 11.5 Å². The van der Waals surface area contributed by atoms with E-state index >= 15 is 0 Å². The van der Waals surface area contributed by atoms with Crippen LogP contribution in [0.4, 0.5) is 0 Å². The Bertz CT molecular complexity index is 944. The van der Waals surface area contributed by atoms with Gasteiger partial charge in [0.25, 0.3) is 0 Å². The molecule has 0 spiro atoms. The first-order valence-electron chi connectivity index (χ1n) is 11.0. The summed E-state index contributed by atoms with van der Waals surface area (Å²) in [7, 11) is 1.61. The maximum absolute atomic E-state index is 13.3. The summed E-state index contributed by atoms with van der Waals surface area (Å²) in [6.07, 6.45) is 0.825. The molecule has 1 N–H and O–H groups in total. The zero-order valence-corrected chi connectivity index (χ0v) is 19.2. The second-order valence-electron chi connectivity index (χ2n) is 8.19. The molecular formula is C25H32N2O5. The molecule has 2 aromatic rings. The van der Waals surface area contributed by atoms with Gasteiger partial charge in [-0.25, -0.2) is 0 Å². The molecule has 0 unspecified atom stereocenters. The highest BCUT2D eigenvalue weighted by molar-refractivity contribution is 5.87. The lowest BCUT2D eigenvalue weighted by Gasteiger charge is -2.29. The Morgan fingerprint density at radius 3 is 2.50 bits per heavy atom. The van der Waals surface area contributed by atoms with Crippen LogP contribution in [0.1, 0.15) is 38.3 Å². The molecule has 1 heterocycles. The van der Waals surface area contributed by atoms with Crippen molar-refractivity contribution in [1.82, 2.24) is 10.2 Å². The molecule has 0 saturated carbocycles. The molecule has 1 aliphatic heterocycles. The average Bonchev–Trinajstić information content (AvgIpc) is 2.80. The Hall–Kier alpha value is -3.22. The van der Waals surface area contributed by atoms with Crippen LogP contribution < -0.4 is 19.5 Å². The standard InChI is InChI=1S/C25H32N2O5/c1-17(2)26-25(29)18(3)27(16-20-6-5-7-21(14-20)30-4)24(28)11-9-19-8-10-22-23(15-19)32-13-12-31-22/h5-8,10,14-15,17-18H,9,11-13,16H2,1-4H3,(H,26,29)/t18-/m1/s1. The molecule has 0 aromatic heterocycles.